The van der Waals surface area contributed by atoms with Crippen LogP contribution in [0.5, 0.6) is 0 Å². The van der Waals surface area contributed by atoms with Gasteiger partial charge in [0.2, 0.25) is 5.88 Å². The Morgan fingerprint density at radius 1 is 1.31 bits per heavy atom. The first-order chi connectivity index (χ1) is 5.79. The third kappa shape index (κ3) is 5.11. The van der Waals surface area contributed by atoms with Crippen molar-refractivity contribution in [1.82, 2.24) is 5.32 Å². The summed E-state index contributed by atoms with van der Waals surface area (Å²) in [6, 6.07) is 3.20. The molecule has 0 atom stereocenters. The Labute approximate surface area is 98.5 Å². The Morgan fingerprint density at radius 2 is 1.85 bits per heavy atom. The Morgan fingerprint density at radius 3 is 2.15 bits per heavy atom. The summed E-state index contributed by atoms with van der Waals surface area (Å²) in [6.45, 7) is 1.97. The summed E-state index contributed by atoms with van der Waals surface area (Å²) >= 11 is 0. The van der Waals surface area contributed by atoms with E-state index in [1.54, 1.807) is 25.3 Å². The van der Waals surface area contributed by atoms with Crippen LogP contribution in [-0.2, 0) is 4.74 Å². The van der Waals surface area contributed by atoms with Crippen molar-refractivity contribution in [1.29, 1.82) is 15.8 Å². The molecule has 13 heavy (non-hydrogen) atoms. The molecule has 1 N–H and O–H groups in total. The molecule has 0 saturated heterocycles. The first kappa shape index (κ1) is 14.3. The van der Waals surface area contributed by atoms with Crippen LogP contribution in [0, 0.1) is 34.1 Å². The van der Waals surface area contributed by atoms with E-state index in [1.807, 2.05) is 0 Å². The molecule has 62 valence electrons. The molecule has 0 aliphatic carbocycles. The van der Waals surface area contributed by atoms with E-state index in [0.29, 0.717) is 0 Å². The average molecular weight is 186 g/mol. The molecular weight excluding hydrogens is 179 g/mol. The summed E-state index contributed by atoms with van der Waals surface area (Å²) in [5.74, 6) is -0.0926. The summed E-state index contributed by atoms with van der Waals surface area (Å²) in [5.41, 5.74) is -0.238. The molecule has 0 radical (unpaired) electrons. The third-order valence-corrected chi connectivity index (χ3v) is 0.909. The van der Waals surface area contributed by atoms with Gasteiger partial charge in [0, 0.05) is 0 Å². The van der Waals surface area contributed by atoms with Crippen LogP contribution in [0.3, 0.4) is 0 Å². The summed E-state index contributed by atoms with van der Waals surface area (Å²) < 4.78 is 4.83. The molecule has 0 rings (SSSR count). The van der Waals surface area contributed by atoms with Crippen LogP contribution in [0.1, 0.15) is 6.92 Å². The molecule has 0 amide bonds. The van der Waals surface area contributed by atoms with E-state index in [1.165, 1.54) is 0 Å². The van der Waals surface area contributed by atoms with Gasteiger partial charge in [0.15, 0.2) is 11.8 Å². The SMILES string of the molecule is CCOC(NC#N)=C(C#N)C#N.[NaH]. The van der Waals surface area contributed by atoms with Crippen LogP contribution in [0.4, 0.5) is 0 Å². The van der Waals surface area contributed by atoms with E-state index in [9.17, 15) is 0 Å². The molecule has 0 heterocycles. The zero-order chi connectivity index (χ0) is 9.40. The molecule has 0 aliphatic rings. The maximum atomic E-state index is 8.39. The molecule has 0 aromatic carbocycles. The number of hydrogen-bond acceptors (Lipinski definition) is 5. The van der Waals surface area contributed by atoms with Crippen LogP contribution < -0.4 is 5.32 Å². The van der Waals surface area contributed by atoms with E-state index >= 15 is 0 Å². The Hall–Kier alpha value is -1.19. The molecule has 0 saturated carbocycles. The minimum atomic E-state index is -0.238. The fourth-order valence-electron chi connectivity index (χ4n) is 0.492. The van der Waals surface area contributed by atoms with Gasteiger partial charge in [-0.05, 0) is 6.92 Å². The van der Waals surface area contributed by atoms with E-state index in [2.05, 4.69) is 5.32 Å². The number of nitrogens with zero attached hydrogens (tertiary/aromatic N) is 3. The minimum absolute atomic E-state index is 0. The van der Waals surface area contributed by atoms with Crippen LogP contribution in [0.25, 0.3) is 0 Å². The van der Waals surface area contributed by atoms with Gasteiger partial charge in [0.05, 0.1) is 6.61 Å². The van der Waals surface area contributed by atoms with Gasteiger partial charge >= 0.3 is 29.6 Å². The molecule has 0 bridgehead atoms. The summed E-state index contributed by atoms with van der Waals surface area (Å²) in [4.78, 5) is 0. The predicted octanol–water partition coefficient (Wildman–Crippen LogP) is -0.296. The van der Waals surface area contributed by atoms with E-state index in [-0.39, 0.29) is 47.6 Å². The van der Waals surface area contributed by atoms with Crippen molar-refractivity contribution in [2.45, 2.75) is 6.92 Å². The van der Waals surface area contributed by atoms with Crippen LogP contribution >= 0.6 is 0 Å². The molecular formula is C7H7N4NaO. The molecule has 0 aromatic rings. The molecule has 0 spiro atoms. The molecule has 5 nitrogen and oxygen atoms in total. The first-order valence-electron chi connectivity index (χ1n) is 3.12. The van der Waals surface area contributed by atoms with Gasteiger partial charge in [0.1, 0.15) is 12.1 Å². The van der Waals surface area contributed by atoms with Crippen molar-refractivity contribution in [2.24, 2.45) is 0 Å². The fraction of sp³-hybridized carbons (Fsp3) is 0.286. The van der Waals surface area contributed by atoms with Crippen molar-refractivity contribution in [3.05, 3.63) is 11.5 Å². The van der Waals surface area contributed by atoms with Crippen LogP contribution in [0.2, 0.25) is 0 Å². The fourth-order valence-corrected chi connectivity index (χ4v) is 0.492. The quantitative estimate of drug-likeness (QED) is 0.215. The van der Waals surface area contributed by atoms with Gasteiger partial charge in [-0.3, -0.25) is 5.32 Å². The van der Waals surface area contributed by atoms with E-state index in [4.69, 9.17) is 20.5 Å². The van der Waals surface area contributed by atoms with Gasteiger partial charge < -0.3 is 4.74 Å². The Bertz CT molecular complexity index is 288. The first-order valence-corrected chi connectivity index (χ1v) is 3.12. The van der Waals surface area contributed by atoms with Gasteiger partial charge in [-0.1, -0.05) is 0 Å². The normalized spacial score (nSPS) is 6.31. The van der Waals surface area contributed by atoms with Gasteiger partial charge in [0.25, 0.3) is 0 Å². The van der Waals surface area contributed by atoms with E-state index in [0.717, 1.165) is 0 Å². The van der Waals surface area contributed by atoms with Gasteiger partial charge in [-0.25, -0.2) is 0 Å². The molecule has 0 unspecified atom stereocenters. The van der Waals surface area contributed by atoms with Crippen molar-refractivity contribution < 1.29 is 4.74 Å². The van der Waals surface area contributed by atoms with E-state index < -0.39 is 0 Å². The van der Waals surface area contributed by atoms with Gasteiger partial charge in [-0.15, -0.1) is 0 Å². The summed E-state index contributed by atoms with van der Waals surface area (Å²) in [5, 5.41) is 27.1. The van der Waals surface area contributed by atoms with Crippen molar-refractivity contribution in [3.8, 4) is 18.3 Å². The second kappa shape index (κ2) is 8.90. The standard InChI is InChI=1S/C7H6N4O.Na.H/c1-2-12-7(11-5-10)6(3-8)4-9;;/h11H,2H2,1H3;;. The zero-order valence-electron chi connectivity index (χ0n) is 6.46. The number of nitrogens with one attached hydrogen (secondary N) is 1. The average Bonchev–Trinajstić information content (AvgIpc) is 2.07. The molecule has 0 aliphatic heterocycles. The number of allylic oxidation sites excluding steroid dienone is 1. The third-order valence-electron chi connectivity index (χ3n) is 0.909. The second-order valence-electron chi connectivity index (χ2n) is 1.60. The summed E-state index contributed by atoms with van der Waals surface area (Å²) in [6.07, 6.45) is 1.57. The van der Waals surface area contributed by atoms with Crippen molar-refractivity contribution >= 4 is 29.6 Å². The molecule has 6 heteroatoms. The number of hydrogen-bond donors (Lipinski definition) is 1. The van der Waals surface area contributed by atoms with Crippen LogP contribution in [-0.4, -0.2) is 36.2 Å². The number of ether oxygens (including phenoxy) is 1. The zero-order valence-corrected chi connectivity index (χ0v) is 6.46. The maximum absolute atomic E-state index is 8.39. The number of nitriles is 3. The Balaban J connectivity index is 0. The van der Waals surface area contributed by atoms with Crippen molar-refractivity contribution in [2.75, 3.05) is 6.61 Å². The molecule has 0 aromatic heterocycles. The second-order valence-corrected chi connectivity index (χ2v) is 1.60. The monoisotopic (exact) mass is 186 g/mol. The Kier molecular flexibility index (Phi) is 9.82. The van der Waals surface area contributed by atoms with Crippen LogP contribution in [0.15, 0.2) is 11.5 Å². The molecule has 0 fully saturated rings. The topological polar surface area (TPSA) is 92.6 Å². The summed E-state index contributed by atoms with van der Waals surface area (Å²) in [7, 11) is 0. The predicted molar refractivity (Wildman–Crippen MR) is 45.8 cm³/mol. The number of rotatable bonds is 3. The van der Waals surface area contributed by atoms with Crippen molar-refractivity contribution in [3.63, 3.8) is 0 Å². The van der Waals surface area contributed by atoms with Gasteiger partial charge in [-0.2, -0.15) is 15.8 Å².